The summed E-state index contributed by atoms with van der Waals surface area (Å²) in [6.45, 7) is 3.86. The van der Waals surface area contributed by atoms with E-state index >= 15 is 0 Å². The summed E-state index contributed by atoms with van der Waals surface area (Å²) in [5.74, 6) is 0.186. The van der Waals surface area contributed by atoms with Crippen LogP contribution >= 0.6 is 0 Å². The van der Waals surface area contributed by atoms with Crippen LogP contribution in [0.25, 0.3) is 16.5 Å². The number of rotatable bonds is 5. The third-order valence-corrected chi connectivity index (χ3v) is 5.40. The van der Waals surface area contributed by atoms with Crippen molar-refractivity contribution in [2.75, 3.05) is 33.7 Å². The molecule has 2 aromatic rings. The molecule has 3 heterocycles. The predicted molar refractivity (Wildman–Crippen MR) is 115 cm³/mol. The molecule has 1 atom stereocenters. The Balaban J connectivity index is 1.47. The molecule has 8 nitrogen and oxygen atoms in total. The number of amides is 2. The lowest BCUT2D eigenvalue weighted by Crippen LogP contribution is -2.44. The van der Waals surface area contributed by atoms with Gasteiger partial charge in [-0.15, -0.1) is 5.53 Å². The molecule has 1 aromatic heterocycles. The van der Waals surface area contributed by atoms with E-state index in [9.17, 15) is 9.59 Å². The molecule has 0 unspecified atom stereocenters. The van der Waals surface area contributed by atoms with Crippen molar-refractivity contribution in [1.82, 2.24) is 25.8 Å². The van der Waals surface area contributed by atoms with E-state index in [-0.39, 0.29) is 17.7 Å². The van der Waals surface area contributed by atoms with E-state index in [1.165, 1.54) is 4.90 Å². The molecule has 0 saturated heterocycles. The minimum Gasteiger partial charge on any atom is -0.451 e. The Bertz CT molecular complexity index is 1020. The first-order valence-electron chi connectivity index (χ1n) is 10.1. The van der Waals surface area contributed by atoms with Crippen LogP contribution in [0.4, 0.5) is 0 Å². The standard InChI is InChI=1S/C22H27N5O3/c1-15(13-27-10-8-23-24-27)21(28)26-9-4-5-17(14-26)16-6-7-19-18(11-16)12-20(30-19)22(29)25(2)3/h5-8,10-12,15,23-24H,4,9,13-14H2,1-3H3/t15-/m0/s1. The van der Waals surface area contributed by atoms with Gasteiger partial charge in [0.05, 0.1) is 5.92 Å². The minimum absolute atomic E-state index is 0.127. The maximum absolute atomic E-state index is 13.0. The fraction of sp³-hybridized carbons (Fsp3) is 0.364. The van der Waals surface area contributed by atoms with E-state index in [0.29, 0.717) is 24.4 Å². The Morgan fingerprint density at radius 3 is 2.83 bits per heavy atom. The fourth-order valence-corrected chi connectivity index (χ4v) is 3.79. The maximum atomic E-state index is 13.0. The van der Waals surface area contributed by atoms with Crippen LogP contribution in [0.3, 0.4) is 0 Å². The molecule has 0 fully saturated rings. The van der Waals surface area contributed by atoms with E-state index in [1.54, 1.807) is 26.4 Å². The zero-order chi connectivity index (χ0) is 21.3. The smallest absolute Gasteiger partial charge is 0.289 e. The van der Waals surface area contributed by atoms with Crippen LogP contribution in [0.1, 0.15) is 29.5 Å². The van der Waals surface area contributed by atoms with Crippen LogP contribution in [0.2, 0.25) is 0 Å². The summed E-state index contributed by atoms with van der Waals surface area (Å²) in [5.41, 5.74) is 8.70. The van der Waals surface area contributed by atoms with Gasteiger partial charge in [0.2, 0.25) is 5.91 Å². The van der Waals surface area contributed by atoms with Gasteiger partial charge in [-0.25, -0.2) is 0 Å². The van der Waals surface area contributed by atoms with E-state index in [4.69, 9.17) is 4.42 Å². The van der Waals surface area contributed by atoms with Crippen LogP contribution in [-0.2, 0) is 4.79 Å². The van der Waals surface area contributed by atoms with Crippen molar-refractivity contribution in [2.24, 2.45) is 5.92 Å². The number of hydrazine groups is 2. The highest BCUT2D eigenvalue weighted by atomic mass is 16.3. The van der Waals surface area contributed by atoms with Crippen molar-refractivity contribution >= 4 is 28.4 Å². The minimum atomic E-state index is -0.159. The normalized spacial score (nSPS) is 17.1. The number of hydrogen-bond donors (Lipinski definition) is 2. The van der Waals surface area contributed by atoms with Gasteiger partial charge < -0.3 is 19.6 Å². The number of carbonyl (C=O) groups excluding carboxylic acids is 2. The molecular weight excluding hydrogens is 382 g/mol. The Morgan fingerprint density at radius 2 is 2.10 bits per heavy atom. The number of furan rings is 1. The number of fused-ring (bicyclic) bond motifs is 1. The van der Waals surface area contributed by atoms with Crippen LogP contribution in [0, 0.1) is 5.92 Å². The molecule has 0 bridgehead atoms. The molecular formula is C22H27N5O3. The van der Waals surface area contributed by atoms with Crippen molar-refractivity contribution < 1.29 is 14.0 Å². The van der Waals surface area contributed by atoms with Crippen LogP contribution in [0.15, 0.2) is 47.2 Å². The quantitative estimate of drug-likeness (QED) is 0.788. The monoisotopic (exact) mass is 409 g/mol. The van der Waals surface area contributed by atoms with Crippen LogP contribution < -0.4 is 11.0 Å². The Labute approximate surface area is 175 Å². The summed E-state index contributed by atoms with van der Waals surface area (Å²) in [7, 11) is 3.40. The number of carbonyl (C=O) groups is 2. The molecule has 2 amide bonds. The molecule has 2 aliphatic rings. The molecule has 2 aliphatic heterocycles. The largest absolute Gasteiger partial charge is 0.451 e. The predicted octanol–water partition coefficient (Wildman–Crippen LogP) is 2.18. The average Bonchev–Trinajstić information content (AvgIpc) is 3.41. The molecule has 2 N–H and O–H groups in total. The van der Waals surface area contributed by atoms with E-state index in [0.717, 1.165) is 29.5 Å². The second-order valence-electron chi connectivity index (χ2n) is 7.97. The third-order valence-electron chi connectivity index (χ3n) is 5.40. The molecule has 0 radical (unpaired) electrons. The fourth-order valence-electron chi connectivity index (χ4n) is 3.79. The lowest BCUT2D eigenvalue weighted by Gasteiger charge is -2.31. The van der Waals surface area contributed by atoms with Gasteiger partial charge in [0.1, 0.15) is 5.58 Å². The summed E-state index contributed by atoms with van der Waals surface area (Å²) < 4.78 is 5.69. The molecule has 0 aliphatic carbocycles. The number of hydrogen-bond acceptors (Lipinski definition) is 6. The lowest BCUT2D eigenvalue weighted by molar-refractivity contribution is -0.135. The first kappa shape index (κ1) is 20.0. The highest BCUT2D eigenvalue weighted by Gasteiger charge is 2.25. The SMILES string of the molecule is C[C@@H](CN1C=CNN1)C(=O)N1CCC=C(c2ccc3oc(C(=O)N(C)C)cc3c2)C1. The topological polar surface area (TPSA) is 81.1 Å². The average molecular weight is 409 g/mol. The van der Waals surface area contributed by atoms with Gasteiger partial charge in [0.25, 0.3) is 5.91 Å². The van der Waals surface area contributed by atoms with Crippen molar-refractivity contribution in [1.29, 1.82) is 0 Å². The molecule has 1 aromatic carbocycles. The van der Waals surface area contributed by atoms with E-state index < -0.39 is 0 Å². The third kappa shape index (κ3) is 4.04. The van der Waals surface area contributed by atoms with Gasteiger partial charge in [0.15, 0.2) is 5.76 Å². The van der Waals surface area contributed by atoms with Gasteiger partial charge in [-0.3, -0.25) is 14.6 Å². The van der Waals surface area contributed by atoms with Crippen LogP contribution in [0.5, 0.6) is 0 Å². The summed E-state index contributed by atoms with van der Waals surface area (Å²) >= 11 is 0. The molecule has 8 heteroatoms. The van der Waals surface area contributed by atoms with Crippen molar-refractivity contribution in [3.05, 3.63) is 54.1 Å². The second kappa shape index (κ2) is 8.23. The lowest BCUT2D eigenvalue weighted by atomic mass is 9.98. The summed E-state index contributed by atoms with van der Waals surface area (Å²) in [5, 5.41) is 2.75. The zero-order valence-corrected chi connectivity index (χ0v) is 17.5. The Hall–Kier alpha value is -3.26. The highest BCUT2D eigenvalue weighted by molar-refractivity contribution is 5.96. The molecule has 158 valence electrons. The van der Waals surface area contributed by atoms with Crippen LogP contribution in [-0.4, -0.2) is 60.4 Å². The van der Waals surface area contributed by atoms with Crippen molar-refractivity contribution in [3.63, 3.8) is 0 Å². The van der Waals surface area contributed by atoms with E-state index in [1.807, 2.05) is 41.2 Å². The van der Waals surface area contributed by atoms with Gasteiger partial charge in [-0.05, 0) is 35.8 Å². The molecule has 0 spiro atoms. The number of benzene rings is 1. The van der Waals surface area contributed by atoms with Gasteiger partial charge in [-0.2, -0.15) is 0 Å². The Kier molecular flexibility index (Phi) is 5.50. The summed E-state index contributed by atoms with van der Waals surface area (Å²) in [4.78, 5) is 28.5. The van der Waals surface area contributed by atoms with Gasteiger partial charge in [-0.1, -0.05) is 19.1 Å². The molecule has 0 saturated carbocycles. The summed E-state index contributed by atoms with van der Waals surface area (Å²) in [6, 6.07) is 7.68. The first-order valence-corrected chi connectivity index (χ1v) is 10.1. The van der Waals surface area contributed by atoms with Gasteiger partial charge >= 0.3 is 0 Å². The zero-order valence-electron chi connectivity index (χ0n) is 17.5. The highest BCUT2D eigenvalue weighted by Crippen LogP contribution is 2.27. The number of nitrogens with one attached hydrogen (secondary N) is 2. The van der Waals surface area contributed by atoms with Crippen molar-refractivity contribution in [2.45, 2.75) is 13.3 Å². The van der Waals surface area contributed by atoms with Crippen molar-refractivity contribution in [3.8, 4) is 0 Å². The first-order chi connectivity index (χ1) is 14.4. The van der Waals surface area contributed by atoms with Gasteiger partial charge in [0, 0.05) is 51.5 Å². The maximum Gasteiger partial charge on any atom is 0.289 e. The molecule has 30 heavy (non-hydrogen) atoms. The summed E-state index contributed by atoms with van der Waals surface area (Å²) in [6.07, 6.45) is 6.69. The second-order valence-corrected chi connectivity index (χ2v) is 7.97. The number of nitrogens with zero attached hydrogens (tertiary/aromatic N) is 3. The molecule has 4 rings (SSSR count). The Morgan fingerprint density at radius 1 is 1.27 bits per heavy atom. The van der Waals surface area contributed by atoms with E-state index in [2.05, 4.69) is 17.0 Å².